The molecule has 0 unspecified atom stereocenters. The van der Waals surface area contributed by atoms with Crippen LogP contribution in [0.3, 0.4) is 0 Å². The van der Waals surface area contributed by atoms with Gasteiger partial charge in [-0.15, -0.1) is 0 Å². The van der Waals surface area contributed by atoms with E-state index in [9.17, 15) is 14.7 Å². The maximum atomic E-state index is 13.1. The summed E-state index contributed by atoms with van der Waals surface area (Å²) in [7, 11) is 0. The minimum absolute atomic E-state index is 0.117. The van der Waals surface area contributed by atoms with Crippen molar-refractivity contribution in [1.29, 1.82) is 0 Å². The maximum absolute atomic E-state index is 13.1. The SMILES string of the molecule is CC(C)[C@@]1(O)C(=O)OCc2c1cc1n(c2=O)Cc2cc3ccccc3nc2-1. The zero-order valence-electron chi connectivity index (χ0n) is 15.0. The summed E-state index contributed by atoms with van der Waals surface area (Å²) in [6.45, 7) is 3.78. The molecule has 0 fully saturated rings. The van der Waals surface area contributed by atoms with Crippen molar-refractivity contribution in [2.45, 2.75) is 32.6 Å². The molecule has 0 bridgehead atoms. The molecule has 136 valence electrons. The minimum Gasteiger partial charge on any atom is -0.458 e. The normalized spacial score (nSPS) is 20.4. The monoisotopic (exact) mass is 362 g/mol. The number of pyridine rings is 2. The molecule has 4 heterocycles. The first-order valence-electron chi connectivity index (χ1n) is 8.97. The number of hydrogen-bond donors (Lipinski definition) is 1. The van der Waals surface area contributed by atoms with Crippen molar-refractivity contribution >= 4 is 16.9 Å². The predicted octanol–water partition coefficient (Wildman–Crippen LogP) is 2.33. The third-order valence-corrected chi connectivity index (χ3v) is 5.68. The number of carbonyl (C=O) groups is 1. The van der Waals surface area contributed by atoms with Crippen molar-refractivity contribution in [3.63, 3.8) is 0 Å². The lowest BCUT2D eigenvalue weighted by Crippen LogP contribution is -2.48. The number of carbonyl (C=O) groups excluding carboxylic acids is 1. The molecule has 0 amide bonds. The van der Waals surface area contributed by atoms with Gasteiger partial charge in [-0.3, -0.25) is 4.79 Å². The first-order valence-corrected chi connectivity index (χ1v) is 8.97. The van der Waals surface area contributed by atoms with Crippen LogP contribution in [0.25, 0.3) is 22.3 Å². The van der Waals surface area contributed by atoms with Crippen LogP contribution in [0.15, 0.2) is 41.2 Å². The van der Waals surface area contributed by atoms with E-state index >= 15 is 0 Å². The van der Waals surface area contributed by atoms with Crippen LogP contribution in [-0.2, 0) is 28.3 Å². The molecule has 27 heavy (non-hydrogen) atoms. The molecule has 6 heteroatoms. The molecule has 1 aromatic carbocycles. The van der Waals surface area contributed by atoms with Crippen molar-refractivity contribution in [3.8, 4) is 11.4 Å². The van der Waals surface area contributed by atoms with Crippen LogP contribution in [0, 0.1) is 5.92 Å². The summed E-state index contributed by atoms with van der Waals surface area (Å²) in [5.41, 5.74) is 1.76. The average Bonchev–Trinajstić information content (AvgIpc) is 3.01. The number of ether oxygens (including phenoxy) is 1. The third-order valence-electron chi connectivity index (χ3n) is 5.68. The lowest BCUT2D eigenvalue weighted by Gasteiger charge is -2.35. The fourth-order valence-corrected chi connectivity index (χ4v) is 4.10. The van der Waals surface area contributed by atoms with Crippen molar-refractivity contribution in [2.24, 2.45) is 5.92 Å². The van der Waals surface area contributed by atoms with Gasteiger partial charge in [0.05, 0.1) is 29.0 Å². The van der Waals surface area contributed by atoms with Gasteiger partial charge in [0.25, 0.3) is 5.56 Å². The van der Waals surface area contributed by atoms with E-state index in [1.165, 1.54) is 0 Å². The molecule has 0 aliphatic carbocycles. The molecular formula is C21H18N2O4. The van der Waals surface area contributed by atoms with Gasteiger partial charge in [0, 0.05) is 16.5 Å². The summed E-state index contributed by atoms with van der Waals surface area (Å²) < 4.78 is 6.79. The number of rotatable bonds is 1. The van der Waals surface area contributed by atoms with Crippen molar-refractivity contribution in [3.05, 3.63) is 63.4 Å². The molecule has 1 N–H and O–H groups in total. The van der Waals surface area contributed by atoms with Crippen LogP contribution in [0.2, 0.25) is 0 Å². The summed E-state index contributed by atoms with van der Waals surface area (Å²) in [4.78, 5) is 30.2. The number of para-hydroxylation sites is 1. The number of benzene rings is 1. The smallest absolute Gasteiger partial charge is 0.343 e. The van der Waals surface area contributed by atoms with E-state index < -0.39 is 17.5 Å². The molecule has 0 radical (unpaired) electrons. The van der Waals surface area contributed by atoms with Crippen molar-refractivity contribution in [2.75, 3.05) is 0 Å². The molecule has 6 nitrogen and oxygen atoms in total. The van der Waals surface area contributed by atoms with Gasteiger partial charge in [-0.2, -0.15) is 0 Å². The Morgan fingerprint density at radius 1 is 1.22 bits per heavy atom. The quantitative estimate of drug-likeness (QED) is 0.526. The Kier molecular flexibility index (Phi) is 3.16. The molecule has 0 saturated carbocycles. The number of nitrogens with zero attached hydrogens (tertiary/aromatic N) is 2. The lowest BCUT2D eigenvalue weighted by atomic mass is 9.80. The number of aliphatic hydroxyl groups is 1. The Balaban J connectivity index is 1.81. The third kappa shape index (κ3) is 2.01. The fraction of sp³-hybridized carbons (Fsp3) is 0.286. The van der Waals surface area contributed by atoms with Gasteiger partial charge in [0.15, 0.2) is 5.60 Å². The summed E-state index contributed by atoms with van der Waals surface area (Å²) in [6.07, 6.45) is 0. The van der Waals surface area contributed by atoms with Crippen LogP contribution < -0.4 is 5.56 Å². The summed E-state index contributed by atoms with van der Waals surface area (Å²) in [6, 6.07) is 11.6. The van der Waals surface area contributed by atoms with Crippen LogP contribution in [0.5, 0.6) is 0 Å². The minimum atomic E-state index is -1.83. The second-order valence-electron chi connectivity index (χ2n) is 7.50. The predicted molar refractivity (Wildman–Crippen MR) is 99.1 cm³/mol. The van der Waals surface area contributed by atoms with Crippen molar-refractivity contribution < 1.29 is 14.6 Å². The number of fused-ring (bicyclic) bond motifs is 5. The van der Waals surface area contributed by atoms with E-state index in [-0.39, 0.29) is 12.2 Å². The Hall–Kier alpha value is -2.99. The van der Waals surface area contributed by atoms with E-state index in [2.05, 4.69) is 0 Å². The molecule has 2 aliphatic heterocycles. The zero-order chi connectivity index (χ0) is 18.9. The number of hydrogen-bond acceptors (Lipinski definition) is 5. The largest absolute Gasteiger partial charge is 0.458 e. The number of cyclic esters (lactones) is 1. The maximum Gasteiger partial charge on any atom is 0.343 e. The van der Waals surface area contributed by atoms with Gasteiger partial charge in [0.1, 0.15) is 6.61 Å². The Labute approximate surface area is 155 Å². The van der Waals surface area contributed by atoms with Gasteiger partial charge in [-0.1, -0.05) is 32.0 Å². The molecule has 2 aliphatic rings. The van der Waals surface area contributed by atoms with E-state index in [1.54, 1.807) is 24.5 Å². The van der Waals surface area contributed by atoms with Crippen LogP contribution >= 0.6 is 0 Å². The van der Waals surface area contributed by atoms with Gasteiger partial charge in [-0.25, -0.2) is 9.78 Å². The molecular weight excluding hydrogens is 344 g/mol. The number of esters is 1. The molecule has 5 rings (SSSR count). The highest BCUT2D eigenvalue weighted by Crippen LogP contribution is 2.40. The van der Waals surface area contributed by atoms with E-state index in [0.717, 1.165) is 22.2 Å². The van der Waals surface area contributed by atoms with Crippen LogP contribution in [0.4, 0.5) is 0 Å². The van der Waals surface area contributed by atoms with Crippen LogP contribution in [-0.4, -0.2) is 20.6 Å². The average molecular weight is 362 g/mol. The molecule has 2 aromatic heterocycles. The highest BCUT2D eigenvalue weighted by molar-refractivity contribution is 5.86. The standard InChI is InChI=1S/C21H18N2O4/c1-11(2)21(26)15-8-17-18-13(7-12-5-3-4-6-16(12)22-18)9-23(17)19(24)14(15)10-27-20(21)25/h3-8,11,26H,9-10H2,1-2H3/t21-/m0/s1. The first-order chi connectivity index (χ1) is 12.9. The second kappa shape index (κ2) is 5.27. The summed E-state index contributed by atoms with van der Waals surface area (Å²) in [5.74, 6) is -1.14. The first kappa shape index (κ1) is 16.2. The Morgan fingerprint density at radius 3 is 2.78 bits per heavy atom. The number of aromatic nitrogens is 2. The van der Waals surface area contributed by atoms with Gasteiger partial charge in [-0.05, 0) is 24.1 Å². The molecule has 0 saturated heterocycles. The van der Waals surface area contributed by atoms with E-state index in [0.29, 0.717) is 23.4 Å². The van der Waals surface area contributed by atoms with E-state index in [1.807, 2.05) is 30.3 Å². The zero-order valence-corrected chi connectivity index (χ0v) is 15.0. The highest BCUT2D eigenvalue weighted by atomic mass is 16.6. The highest BCUT2D eigenvalue weighted by Gasteiger charge is 2.49. The summed E-state index contributed by atoms with van der Waals surface area (Å²) >= 11 is 0. The topological polar surface area (TPSA) is 81.4 Å². The Bertz CT molecular complexity index is 1190. The molecule has 1 atom stereocenters. The second-order valence-corrected chi connectivity index (χ2v) is 7.50. The van der Waals surface area contributed by atoms with Gasteiger partial charge < -0.3 is 14.4 Å². The molecule has 0 spiro atoms. The van der Waals surface area contributed by atoms with Crippen molar-refractivity contribution in [1.82, 2.24) is 9.55 Å². The Morgan fingerprint density at radius 2 is 2.00 bits per heavy atom. The van der Waals surface area contributed by atoms with E-state index in [4.69, 9.17) is 9.72 Å². The van der Waals surface area contributed by atoms with Crippen LogP contribution in [0.1, 0.15) is 30.5 Å². The van der Waals surface area contributed by atoms with Gasteiger partial charge >= 0.3 is 5.97 Å². The molecule has 3 aromatic rings. The summed E-state index contributed by atoms with van der Waals surface area (Å²) in [5, 5.41) is 12.1. The fourth-order valence-electron chi connectivity index (χ4n) is 4.10. The van der Waals surface area contributed by atoms with Gasteiger partial charge in [0.2, 0.25) is 0 Å². The lowest BCUT2D eigenvalue weighted by molar-refractivity contribution is -0.177.